The molecule has 1 aliphatic rings. The first kappa shape index (κ1) is 14.1. The summed E-state index contributed by atoms with van der Waals surface area (Å²) in [6.45, 7) is 3.15. The molecule has 0 bridgehead atoms. The lowest BCUT2D eigenvalue weighted by atomic mass is 10.3. The molecule has 0 atom stereocenters. The quantitative estimate of drug-likeness (QED) is 0.826. The highest BCUT2D eigenvalue weighted by Gasteiger charge is 2.16. The van der Waals surface area contributed by atoms with Gasteiger partial charge in [0, 0.05) is 26.2 Å². The van der Waals surface area contributed by atoms with E-state index in [1.54, 1.807) is 17.0 Å². The van der Waals surface area contributed by atoms with Gasteiger partial charge in [0.25, 0.3) is 0 Å². The van der Waals surface area contributed by atoms with Crippen LogP contribution in [-0.2, 0) is 0 Å². The van der Waals surface area contributed by atoms with Crippen molar-refractivity contribution in [2.75, 3.05) is 31.5 Å². The SMILES string of the molecule is Cl.O=C(Nc1ccccc1Cl)N1CCNCC1. The monoisotopic (exact) mass is 275 g/mol. The van der Waals surface area contributed by atoms with Gasteiger partial charge < -0.3 is 15.5 Å². The van der Waals surface area contributed by atoms with Crippen LogP contribution in [-0.4, -0.2) is 37.1 Å². The number of hydrogen-bond donors (Lipinski definition) is 2. The Balaban J connectivity index is 0.00000144. The molecule has 1 aromatic rings. The average molecular weight is 276 g/mol. The number of urea groups is 1. The van der Waals surface area contributed by atoms with Crippen molar-refractivity contribution in [2.45, 2.75) is 0 Å². The minimum absolute atomic E-state index is 0. The van der Waals surface area contributed by atoms with Crippen LogP contribution >= 0.6 is 24.0 Å². The van der Waals surface area contributed by atoms with Gasteiger partial charge >= 0.3 is 6.03 Å². The van der Waals surface area contributed by atoms with Gasteiger partial charge in [0.1, 0.15) is 0 Å². The molecular weight excluding hydrogens is 261 g/mol. The molecular formula is C11H15Cl2N3O. The third-order valence-corrected chi connectivity index (χ3v) is 2.85. The molecule has 2 N–H and O–H groups in total. The first-order valence-electron chi connectivity index (χ1n) is 5.28. The molecule has 1 aliphatic heterocycles. The first-order chi connectivity index (χ1) is 7.77. The molecule has 2 amide bonds. The zero-order chi connectivity index (χ0) is 11.4. The van der Waals surface area contributed by atoms with Crippen LogP contribution in [0.3, 0.4) is 0 Å². The number of para-hydroxylation sites is 1. The second-order valence-electron chi connectivity index (χ2n) is 3.65. The van der Waals surface area contributed by atoms with Gasteiger partial charge in [0.05, 0.1) is 10.7 Å². The smallest absolute Gasteiger partial charge is 0.321 e. The van der Waals surface area contributed by atoms with E-state index in [9.17, 15) is 4.79 Å². The zero-order valence-corrected chi connectivity index (χ0v) is 10.9. The lowest BCUT2D eigenvalue weighted by Gasteiger charge is -2.27. The minimum atomic E-state index is -0.0883. The van der Waals surface area contributed by atoms with Gasteiger partial charge in [0.2, 0.25) is 0 Å². The van der Waals surface area contributed by atoms with E-state index in [-0.39, 0.29) is 18.4 Å². The van der Waals surface area contributed by atoms with Crippen molar-refractivity contribution in [2.24, 2.45) is 0 Å². The molecule has 0 aromatic heterocycles. The van der Waals surface area contributed by atoms with Crippen LogP contribution in [0.15, 0.2) is 24.3 Å². The summed E-state index contributed by atoms with van der Waals surface area (Å²) in [5.74, 6) is 0. The van der Waals surface area contributed by atoms with Crippen molar-refractivity contribution >= 4 is 35.7 Å². The number of benzene rings is 1. The molecule has 4 nitrogen and oxygen atoms in total. The van der Waals surface area contributed by atoms with Crippen molar-refractivity contribution < 1.29 is 4.79 Å². The van der Waals surface area contributed by atoms with Crippen molar-refractivity contribution in [3.05, 3.63) is 29.3 Å². The number of anilines is 1. The number of carbonyl (C=O) groups excluding carboxylic acids is 1. The van der Waals surface area contributed by atoms with E-state index in [0.29, 0.717) is 10.7 Å². The summed E-state index contributed by atoms with van der Waals surface area (Å²) in [7, 11) is 0. The van der Waals surface area contributed by atoms with Gasteiger partial charge in [-0.05, 0) is 12.1 Å². The van der Waals surface area contributed by atoms with E-state index in [1.807, 2.05) is 12.1 Å². The van der Waals surface area contributed by atoms with Crippen LogP contribution in [0, 0.1) is 0 Å². The first-order valence-corrected chi connectivity index (χ1v) is 5.66. The number of hydrogen-bond acceptors (Lipinski definition) is 2. The minimum Gasteiger partial charge on any atom is -0.322 e. The Kier molecular flexibility index (Phi) is 5.55. The van der Waals surface area contributed by atoms with Crippen LogP contribution in [0.4, 0.5) is 10.5 Å². The number of carbonyl (C=O) groups is 1. The summed E-state index contributed by atoms with van der Waals surface area (Å²) in [6.07, 6.45) is 0. The van der Waals surface area contributed by atoms with Crippen molar-refractivity contribution in [3.63, 3.8) is 0 Å². The van der Waals surface area contributed by atoms with E-state index in [4.69, 9.17) is 11.6 Å². The van der Waals surface area contributed by atoms with E-state index in [2.05, 4.69) is 10.6 Å². The highest BCUT2D eigenvalue weighted by molar-refractivity contribution is 6.33. The predicted octanol–water partition coefficient (Wildman–Crippen LogP) is 2.20. The van der Waals surface area contributed by atoms with Gasteiger partial charge in [-0.15, -0.1) is 12.4 Å². The lowest BCUT2D eigenvalue weighted by molar-refractivity contribution is 0.204. The van der Waals surface area contributed by atoms with E-state index < -0.39 is 0 Å². The summed E-state index contributed by atoms with van der Waals surface area (Å²) in [5, 5.41) is 6.57. The molecule has 1 heterocycles. The Morgan fingerprint density at radius 1 is 1.29 bits per heavy atom. The maximum Gasteiger partial charge on any atom is 0.321 e. The molecule has 1 aromatic carbocycles. The molecule has 94 valence electrons. The highest BCUT2D eigenvalue weighted by atomic mass is 35.5. The second kappa shape index (κ2) is 6.69. The summed E-state index contributed by atoms with van der Waals surface area (Å²) < 4.78 is 0. The Hall–Kier alpha value is -0.970. The molecule has 1 fully saturated rings. The van der Waals surface area contributed by atoms with E-state index >= 15 is 0 Å². The predicted molar refractivity (Wildman–Crippen MR) is 72.2 cm³/mol. The Morgan fingerprint density at radius 3 is 2.59 bits per heavy atom. The third-order valence-electron chi connectivity index (χ3n) is 2.52. The van der Waals surface area contributed by atoms with Crippen LogP contribution < -0.4 is 10.6 Å². The van der Waals surface area contributed by atoms with Gasteiger partial charge in [-0.3, -0.25) is 0 Å². The number of rotatable bonds is 1. The average Bonchev–Trinajstić information content (AvgIpc) is 2.33. The van der Waals surface area contributed by atoms with Crippen molar-refractivity contribution in [1.29, 1.82) is 0 Å². The zero-order valence-electron chi connectivity index (χ0n) is 9.28. The van der Waals surface area contributed by atoms with Crippen molar-refractivity contribution in [1.82, 2.24) is 10.2 Å². The third kappa shape index (κ3) is 3.77. The molecule has 0 aliphatic carbocycles. The van der Waals surface area contributed by atoms with Gasteiger partial charge in [-0.25, -0.2) is 4.79 Å². The lowest BCUT2D eigenvalue weighted by Crippen LogP contribution is -2.48. The maximum atomic E-state index is 11.8. The van der Waals surface area contributed by atoms with Crippen molar-refractivity contribution in [3.8, 4) is 0 Å². The Bertz CT molecular complexity index is 381. The molecule has 0 spiro atoms. The number of halogens is 2. The van der Waals surface area contributed by atoms with Gasteiger partial charge in [-0.1, -0.05) is 23.7 Å². The number of nitrogens with zero attached hydrogens (tertiary/aromatic N) is 1. The molecule has 2 rings (SSSR count). The Labute approximate surface area is 112 Å². The van der Waals surface area contributed by atoms with Crippen LogP contribution in [0.25, 0.3) is 0 Å². The fourth-order valence-electron chi connectivity index (χ4n) is 1.62. The molecule has 17 heavy (non-hydrogen) atoms. The summed E-state index contributed by atoms with van der Waals surface area (Å²) >= 11 is 5.96. The summed E-state index contributed by atoms with van der Waals surface area (Å²) in [4.78, 5) is 13.6. The second-order valence-corrected chi connectivity index (χ2v) is 4.05. The number of amides is 2. The summed E-state index contributed by atoms with van der Waals surface area (Å²) in [6, 6.07) is 7.15. The van der Waals surface area contributed by atoms with Gasteiger partial charge in [-0.2, -0.15) is 0 Å². The largest absolute Gasteiger partial charge is 0.322 e. The topological polar surface area (TPSA) is 44.4 Å². The van der Waals surface area contributed by atoms with Gasteiger partial charge in [0.15, 0.2) is 0 Å². The maximum absolute atomic E-state index is 11.8. The standard InChI is InChI=1S/C11H14ClN3O.ClH/c12-9-3-1-2-4-10(9)14-11(16)15-7-5-13-6-8-15;/h1-4,13H,5-8H2,(H,14,16);1H. The Morgan fingerprint density at radius 2 is 1.94 bits per heavy atom. The molecule has 6 heteroatoms. The fourth-order valence-corrected chi connectivity index (χ4v) is 1.81. The molecule has 1 saturated heterocycles. The molecule has 0 saturated carbocycles. The normalized spacial score (nSPS) is 15.0. The van der Waals surface area contributed by atoms with Crippen LogP contribution in [0.2, 0.25) is 5.02 Å². The van der Waals surface area contributed by atoms with Crippen LogP contribution in [0.1, 0.15) is 0 Å². The number of nitrogens with one attached hydrogen (secondary N) is 2. The van der Waals surface area contributed by atoms with Crippen LogP contribution in [0.5, 0.6) is 0 Å². The molecule has 0 unspecified atom stereocenters. The summed E-state index contributed by atoms with van der Waals surface area (Å²) in [5.41, 5.74) is 0.660. The highest BCUT2D eigenvalue weighted by Crippen LogP contribution is 2.20. The number of piperazine rings is 1. The van der Waals surface area contributed by atoms with E-state index in [0.717, 1.165) is 26.2 Å². The fraction of sp³-hybridized carbons (Fsp3) is 0.364. The molecule has 0 radical (unpaired) electrons. The van der Waals surface area contributed by atoms with E-state index in [1.165, 1.54) is 0 Å².